The molecule has 0 aliphatic rings. The topological polar surface area (TPSA) is 72.5 Å². The maximum Gasteiger partial charge on any atom is 0.287 e. The zero-order valence-corrected chi connectivity index (χ0v) is 17.0. The number of rotatable bonds is 8. The van der Waals surface area contributed by atoms with Crippen LogP contribution >= 0.6 is 33.9 Å². The Hall–Kier alpha value is -2.24. The molecule has 0 aliphatic heterocycles. The van der Waals surface area contributed by atoms with Crippen molar-refractivity contribution in [3.05, 3.63) is 63.8 Å². The predicted octanol–water partition coefficient (Wildman–Crippen LogP) is 4.61. The van der Waals surface area contributed by atoms with Gasteiger partial charge >= 0.3 is 0 Å². The number of thiophene rings is 1. The molecule has 0 saturated carbocycles. The van der Waals surface area contributed by atoms with Crippen LogP contribution in [0.2, 0.25) is 0 Å². The fourth-order valence-electron chi connectivity index (χ4n) is 2.29. The average Bonchev–Trinajstić information content (AvgIpc) is 3.02. The molecule has 0 fully saturated rings. The third-order valence-electron chi connectivity index (χ3n) is 3.47. The number of hydrogen-bond donors (Lipinski definition) is 2. The number of amides is 1. The number of nitrogens with one attached hydrogen (secondary N) is 2. The van der Waals surface area contributed by atoms with E-state index < -0.39 is 11.7 Å². The summed E-state index contributed by atoms with van der Waals surface area (Å²) in [5.41, 5.74) is 3.12. The van der Waals surface area contributed by atoms with E-state index in [1.165, 1.54) is 23.7 Å². The number of nitrogens with zero attached hydrogens (tertiary/aromatic N) is 1. The van der Waals surface area contributed by atoms with Crippen LogP contribution < -0.4 is 10.8 Å². The molecule has 140 valence electrons. The number of aromatic nitrogens is 1. The number of hydrogen-bond acceptors (Lipinski definition) is 6. The van der Waals surface area contributed by atoms with Gasteiger partial charge in [0.2, 0.25) is 0 Å². The number of fused-ring (bicyclic) bond motifs is 1. The third-order valence-corrected chi connectivity index (χ3v) is 5.31. The molecule has 0 unspecified atom stereocenters. The van der Waals surface area contributed by atoms with Crippen molar-refractivity contribution in [2.24, 2.45) is 0 Å². The molecule has 0 saturated heterocycles. The highest BCUT2D eigenvalue weighted by Gasteiger charge is 2.20. The van der Waals surface area contributed by atoms with Crippen LogP contribution in [0.1, 0.15) is 9.67 Å². The van der Waals surface area contributed by atoms with Crippen LogP contribution in [0.5, 0.6) is 0 Å². The van der Waals surface area contributed by atoms with Crippen molar-refractivity contribution in [2.45, 2.75) is 0 Å². The largest absolute Gasteiger partial charge is 0.499 e. The Morgan fingerprint density at radius 1 is 1.37 bits per heavy atom. The van der Waals surface area contributed by atoms with Gasteiger partial charge in [0.15, 0.2) is 0 Å². The van der Waals surface area contributed by atoms with E-state index in [0.717, 1.165) is 13.7 Å². The molecule has 0 spiro atoms. The number of anilines is 2. The number of hydroxylamine groups is 1. The summed E-state index contributed by atoms with van der Waals surface area (Å²) in [5.74, 6) is -0.849. The third kappa shape index (κ3) is 4.73. The van der Waals surface area contributed by atoms with Gasteiger partial charge in [-0.1, -0.05) is 6.58 Å². The lowest BCUT2D eigenvalue weighted by atomic mass is 10.2. The molecule has 0 atom stereocenters. The van der Waals surface area contributed by atoms with Crippen molar-refractivity contribution in [1.29, 1.82) is 0 Å². The molecule has 3 aromatic rings. The molecule has 9 heteroatoms. The summed E-state index contributed by atoms with van der Waals surface area (Å²) >= 11 is 3.30. The predicted molar refractivity (Wildman–Crippen MR) is 112 cm³/mol. The molecular weight excluding hydrogens is 484 g/mol. The lowest BCUT2D eigenvalue weighted by molar-refractivity contribution is 0.0148. The molecule has 1 amide bonds. The number of pyridine rings is 1. The van der Waals surface area contributed by atoms with Gasteiger partial charge in [0.1, 0.15) is 23.9 Å². The molecule has 0 bridgehead atoms. The first-order valence-corrected chi connectivity index (χ1v) is 9.73. The molecule has 2 N–H and O–H groups in total. The van der Waals surface area contributed by atoms with E-state index in [-0.39, 0.29) is 18.9 Å². The zero-order chi connectivity index (χ0) is 19.2. The van der Waals surface area contributed by atoms with Gasteiger partial charge in [-0.3, -0.25) is 14.6 Å². The van der Waals surface area contributed by atoms with Crippen molar-refractivity contribution in [2.75, 3.05) is 18.5 Å². The van der Waals surface area contributed by atoms with Crippen molar-refractivity contribution >= 4 is 61.3 Å². The van der Waals surface area contributed by atoms with Crippen molar-refractivity contribution < 1.29 is 18.8 Å². The van der Waals surface area contributed by atoms with Gasteiger partial charge in [-0.25, -0.2) is 9.87 Å². The summed E-state index contributed by atoms with van der Waals surface area (Å²) in [7, 11) is 0. The van der Waals surface area contributed by atoms with Gasteiger partial charge in [-0.2, -0.15) is 0 Å². The van der Waals surface area contributed by atoms with Crippen LogP contribution in [0.3, 0.4) is 0 Å². The van der Waals surface area contributed by atoms with Gasteiger partial charge in [-0.05, 0) is 46.9 Å². The summed E-state index contributed by atoms with van der Waals surface area (Å²) in [6.45, 7) is 3.85. The lowest BCUT2D eigenvalue weighted by Crippen LogP contribution is -2.25. The average molecular weight is 499 g/mol. The first kappa shape index (κ1) is 19.5. The fraction of sp³-hybridized carbons (Fsp3) is 0.111. The fourth-order valence-corrected chi connectivity index (χ4v) is 3.75. The van der Waals surface area contributed by atoms with Crippen LogP contribution in [0.15, 0.2) is 49.5 Å². The Morgan fingerprint density at radius 3 is 3.00 bits per heavy atom. The first-order valence-electron chi connectivity index (χ1n) is 7.83. The lowest BCUT2D eigenvalue weighted by Gasteiger charge is -2.10. The molecule has 0 aliphatic carbocycles. The first-order chi connectivity index (χ1) is 13.1. The van der Waals surface area contributed by atoms with Gasteiger partial charge in [-0.15, -0.1) is 11.3 Å². The standard InChI is InChI=1S/C18H15FIN3O3S/c1-2-25-7-8-26-23-18(24)17-16(12-10-21-6-5-15(12)27-17)22-14-4-3-11(20)9-13(14)19/h2-6,9-10,22H,1,7-8H2,(H,23,24). The molecule has 2 heterocycles. The summed E-state index contributed by atoms with van der Waals surface area (Å²) in [4.78, 5) is 22.1. The summed E-state index contributed by atoms with van der Waals surface area (Å²) in [6, 6.07) is 6.62. The summed E-state index contributed by atoms with van der Waals surface area (Å²) < 4.78 is 20.8. The van der Waals surface area contributed by atoms with Crippen LogP contribution in [-0.4, -0.2) is 24.1 Å². The minimum Gasteiger partial charge on any atom is -0.499 e. The zero-order valence-electron chi connectivity index (χ0n) is 14.0. The maximum atomic E-state index is 14.3. The number of benzene rings is 1. The minimum atomic E-state index is -0.441. The van der Waals surface area contributed by atoms with E-state index >= 15 is 0 Å². The van der Waals surface area contributed by atoms with Crippen LogP contribution in [0, 0.1) is 9.39 Å². The SMILES string of the molecule is C=COCCONC(=O)c1sc2ccncc2c1Nc1ccc(I)cc1F. The number of carbonyl (C=O) groups is 1. The highest BCUT2D eigenvalue weighted by molar-refractivity contribution is 14.1. The second-order valence-electron chi connectivity index (χ2n) is 5.24. The normalized spacial score (nSPS) is 10.6. The highest BCUT2D eigenvalue weighted by atomic mass is 127. The molecule has 0 radical (unpaired) electrons. The molecule has 27 heavy (non-hydrogen) atoms. The Morgan fingerprint density at radius 2 is 2.22 bits per heavy atom. The van der Waals surface area contributed by atoms with Gasteiger partial charge < -0.3 is 10.1 Å². The second-order valence-corrected chi connectivity index (χ2v) is 7.54. The smallest absolute Gasteiger partial charge is 0.287 e. The van der Waals surface area contributed by atoms with Gasteiger partial charge in [0, 0.05) is 26.1 Å². The maximum absolute atomic E-state index is 14.3. The number of carbonyl (C=O) groups excluding carboxylic acids is 1. The Balaban J connectivity index is 1.87. The highest BCUT2D eigenvalue weighted by Crippen LogP contribution is 2.37. The Bertz CT molecular complexity index is 980. The van der Waals surface area contributed by atoms with Crippen LogP contribution in [0.4, 0.5) is 15.8 Å². The van der Waals surface area contributed by atoms with Gasteiger partial charge in [0.05, 0.1) is 17.6 Å². The van der Waals surface area contributed by atoms with Crippen molar-refractivity contribution in [3.8, 4) is 0 Å². The van der Waals surface area contributed by atoms with E-state index in [0.29, 0.717) is 10.6 Å². The Labute approximate surface area is 172 Å². The number of ether oxygens (including phenoxy) is 1. The molecular formula is C18H15FIN3O3S. The van der Waals surface area contributed by atoms with E-state index in [1.54, 1.807) is 30.6 Å². The van der Waals surface area contributed by atoms with Crippen molar-refractivity contribution in [3.63, 3.8) is 0 Å². The molecule has 2 aromatic heterocycles. The van der Waals surface area contributed by atoms with Gasteiger partial charge in [0.25, 0.3) is 5.91 Å². The molecule has 3 rings (SSSR count). The molecule has 1 aromatic carbocycles. The molecule has 6 nitrogen and oxygen atoms in total. The van der Waals surface area contributed by atoms with E-state index in [9.17, 15) is 9.18 Å². The van der Waals surface area contributed by atoms with Crippen LogP contribution in [0.25, 0.3) is 10.1 Å². The van der Waals surface area contributed by atoms with Crippen LogP contribution in [-0.2, 0) is 9.57 Å². The minimum absolute atomic E-state index is 0.165. The number of halogens is 2. The van der Waals surface area contributed by atoms with Crippen molar-refractivity contribution in [1.82, 2.24) is 10.5 Å². The van der Waals surface area contributed by atoms with E-state index in [1.807, 2.05) is 22.6 Å². The summed E-state index contributed by atoms with van der Waals surface area (Å²) in [5, 5.41) is 3.74. The second kappa shape index (κ2) is 9.11. The van der Waals surface area contributed by atoms with E-state index in [4.69, 9.17) is 9.57 Å². The summed E-state index contributed by atoms with van der Waals surface area (Å²) in [6.07, 6.45) is 4.56. The monoisotopic (exact) mass is 499 g/mol. The Kier molecular flexibility index (Phi) is 6.58. The van der Waals surface area contributed by atoms with E-state index in [2.05, 4.69) is 22.4 Å². The quantitative estimate of drug-likeness (QED) is 0.205.